The molecule has 2 N–H and O–H groups in total. The van der Waals surface area contributed by atoms with Crippen LogP contribution in [0.1, 0.15) is 23.6 Å². The van der Waals surface area contributed by atoms with Gasteiger partial charge in [0.25, 0.3) is 0 Å². The molecule has 0 spiro atoms. The van der Waals surface area contributed by atoms with Crippen molar-refractivity contribution in [3.05, 3.63) is 34.6 Å². The van der Waals surface area contributed by atoms with E-state index in [1.807, 2.05) is 0 Å². The maximum atomic E-state index is 13.4. The minimum Gasteiger partial charge on any atom is -0.289 e. The highest BCUT2D eigenvalue weighted by Crippen LogP contribution is 2.17. The number of hydrogen-bond acceptors (Lipinski definition) is 2. The minimum atomic E-state index is -0.431. The molecule has 0 aliphatic carbocycles. The van der Waals surface area contributed by atoms with Crippen molar-refractivity contribution in [1.29, 1.82) is 0 Å². The molecule has 0 fully saturated rings. The second kappa shape index (κ2) is 5.07. The number of halogens is 1. The maximum absolute atomic E-state index is 13.4. The zero-order valence-electron chi connectivity index (χ0n) is 9.67. The molecule has 1 atom stereocenters. The largest absolute Gasteiger partial charge is 0.289 e. The van der Waals surface area contributed by atoms with Crippen LogP contribution in [0.4, 0.5) is 4.39 Å². The summed E-state index contributed by atoms with van der Waals surface area (Å²) in [6, 6.07) is 3.45. The first-order valence-corrected chi connectivity index (χ1v) is 5.15. The summed E-state index contributed by atoms with van der Waals surface area (Å²) in [7, 11) is 0. The third kappa shape index (κ3) is 2.79. The molecule has 0 saturated heterocycles. The molecule has 1 aromatic rings. The van der Waals surface area contributed by atoms with E-state index >= 15 is 0 Å². The summed E-state index contributed by atoms with van der Waals surface area (Å²) in [5, 5.41) is 8.48. The molecule has 0 radical (unpaired) electrons. The van der Waals surface area contributed by atoms with E-state index in [0.29, 0.717) is 17.5 Å². The van der Waals surface area contributed by atoms with Crippen molar-refractivity contribution in [2.45, 2.75) is 27.2 Å². The Morgan fingerprint density at radius 2 is 1.94 bits per heavy atom. The average molecular weight is 225 g/mol. The Hall–Kier alpha value is -1.42. The zero-order valence-corrected chi connectivity index (χ0v) is 9.67. The number of nitrogens with one attached hydrogen (secondary N) is 1. The second-order valence-electron chi connectivity index (χ2n) is 4.12. The van der Waals surface area contributed by atoms with Crippen molar-refractivity contribution in [1.82, 2.24) is 5.48 Å². The number of hydroxylamine groups is 1. The van der Waals surface area contributed by atoms with Gasteiger partial charge in [-0.15, -0.1) is 0 Å². The first kappa shape index (κ1) is 12.6. The first-order valence-electron chi connectivity index (χ1n) is 5.15. The van der Waals surface area contributed by atoms with Gasteiger partial charge in [0.1, 0.15) is 5.82 Å². The summed E-state index contributed by atoms with van der Waals surface area (Å²) in [5.41, 5.74) is 3.66. The Morgan fingerprint density at radius 3 is 2.38 bits per heavy atom. The Kier molecular flexibility index (Phi) is 4.01. The molecule has 3 nitrogen and oxygen atoms in total. The maximum Gasteiger partial charge on any atom is 0.246 e. The monoisotopic (exact) mass is 225 g/mol. The number of hydrogen-bond donors (Lipinski definition) is 2. The van der Waals surface area contributed by atoms with Gasteiger partial charge in [-0.1, -0.05) is 19.1 Å². The third-order valence-electron chi connectivity index (χ3n) is 2.60. The molecule has 0 saturated carbocycles. The number of carbonyl (C=O) groups excluding carboxylic acids is 1. The molecular weight excluding hydrogens is 209 g/mol. The third-order valence-corrected chi connectivity index (χ3v) is 2.60. The van der Waals surface area contributed by atoms with E-state index in [2.05, 4.69) is 0 Å². The van der Waals surface area contributed by atoms with Crippen molar-refractivity contribution in [2.75, 3.05) is 0 Å². The Bertz CT molecular complexity index is 381. The highest BCUT2D eigenvalue weighted by molar-refractivity contribution is 5.77. The number of carbonyl (C=O) groups is 1. The Balaban J connectivity index is 2.86. The summed E-state index contributed by atoms with van der Waals surface area (Å²) < 4.78 is 13.4. The van der Waals surface area contributed by atoms with Crippen LogP contribution < -0.4 is 5.48 Å². The predicted molar refractivity (Wildman–Crippen MR) is 58.7 cm³/mol. The van der Waals surface area contributed by atoms with E-state index < -0.39 is 5.91 Å². The van der Waals surface area contributed by atoms with Crippen molar-refractivity contribution in [3.63, 3.8) is 0 Å². The summed E-state index contributed by atoms with van der Waals surface area (Å²) in [5.74, 6) is -0.975. The van der Waals surface area contributed by atoms with Crippen LogP contribution in [0.25, 0.3) is 0 Å². The number of benzene rings is 1. The molecule has 4 heteroatoms. The van der Waals surface area contributed by atoms with Crippen molar-refractivity contribution in [3.8, 4) is 0 Å². The van der Waals surface area contributed by atoms with E-state index in [4.69, 9.17) is 5.21 Å². The van der Waals surface area contributed by atoms with Crippen LogP contribution in [0.15, 0.2) is 12.1 Å². The van der Waals surface area contributed by atoms with Gasteiger partial charge in [0, 0.05) is 5.92 Å². The van der Waals surface area contributed by atoms with Gasteiger partial charge in [-0.05, 0) is 37.0 Å². The van der Waals surface area contributed by atoms with Crippen LogP contribution in [0.3, 0.4) is 0 Å². The smallest absolute Gasteiger partial charge is 0.246 e. The van der Waals surface area contributed by atoms with E-state index in [1.165, 1.54) is 0 Å². The Labute approximate surface area is 94.2 Å². The van der Waals surface area contributed by atoms with Crippen LogP contribution in [-0.2, 0) is 11.2 Å². The molecule has 0 aromatic heterocycles. The van der Waals surface area contributed by atoms with Crippen molar-refractivity contribution in [2.24, 2.45) is 5.92 Å². The average Bonchev–Trinajstić information content (AvgIpc) is 2.24. The van der Waals surface area contributed by atoms with Gasteiger partial charge in [-0.25, -0.2) is 9.87 Å². The van der Waals surface area contributed by atoms with Crippen LogP contribution in [0.5, 0.6) is 0 Å². The molecule has 16 heavy (non-hydrogen) atoms. The molecule has 0 aliphatic rings. The number of aryl methyl sites for hydroxylation is 2. The van der Waals surface area contributed by atoms with E-state index in [9.17, 15) is 9.18 Å². The molecule has 0 heterocycles. The van der Waals surface area contributed by atoms with Crippen molar-refractivity contribution < 1.29 is 14.4 Å². The topological polar surface area (TPSA) is 49.3 Å². The van der Waals surface area contributed by atoms with Gasteiger partial charge >= 0.3 is 0 Å². The van der Waals surface area contributed by atoms with Gasteiger partial charge in [0.05, 0.1) is 0 Å². The van der Waals surface area contributed by atoms with Gasteiger partial charge < -0.3 is 0 Å². The highest BCUT2D eigenvalue weighted by atomic mass is 19.1. The van der Waals surface area contributed by atoms with Crippen LogP contribution in [-0.4, -0.2) is 11.1 Å². The molecule has 0 unspecified atom stereocenters. The van der Waals surface area contributed by atoms with E-state index in [-0.39, 0.29) is 11.7 Å². The standard InChI is InChI=1S/C12H16FNO2/c1-7-4-10(5-8(2)11(7)13)6-9(3)12(15)14-16/h4-5,9,16H,6H2,1-3H3,(H,14,15)/t9-/m0/s1. The van der Waals surface area contributed by atoms with Gasteiger partial charge in [0.15, 0.2) is 0 Å². The lowest BCUT2D eigenvalue weighted by Gasteiger charge is -2.11. The molecule has 1 rings (SSSR count). The van der Waals surface area contributed by atoms with Gasteiger partial charge in [-0.2, -0.15) is 0 Å². The van der Waals surface area contributed by atoms with Gasteiger partial charge in [-0.3, -0.25) is 10.0 Å². The lowest BCUT2D eigenvalue weighted by molar-refractivity contribution is -0.132. The van der Waals surface area contributed by atoms with Crippen molar-refractivity contribution >= 4 is 5.91 Å². The molecule has 1 amide bonds. The van der Waals surface area contributed by atoms with E-state index in [1.54, 1.807) is 38.4 Å². The zero-order chi connectivity index (χ0) is 12.3. The van der Waals surface area contributed by atoms with Crippen LogP contribution in [0.2, 0.25) is 0 Å². The Morgan fingerprint density at radius 1 is 1.44 bits per heavy atom. The van der Waals surface area contributed by atoms with Crippen LogP contribution >= 0.6 is 0 Å². The van der Waals surface area contributed by atoms with Crippen LogP contribution in [0, 0.1) is 25.6 Å². The molecule has 0 bridgehead atoms. The summed E-state index contributed by atoms with van der Waals surface area (Å²) >= 11 is 0. The predicted octanol–water partition coefficient (Wildman–Crippen LogP) is 2.13. The minimum absolute atomic E-state index is 0.206. The summed E-state index contributed by atoms with van der Waals surface area (Å²) in [6.07, 6.45) is 0.481. The molecule has 1 aromatic carbocycles. The SMILES string of the molecule is Cc1cc(C[C@H](C)C(=O)NO)cc(C)c1F. The fraction of sp³-hybridized carbons (Fsp3) is 0.417. The number of rotatable bonds is 3. The van der Waals surface area contributed by atoms with Gasteiger partial charge in [0.2, 0.25) is 5.91 Å². The summed E-state index contributed by atoms with van der Waals surface area (Å²) in [4.78, 5) is 11.1. The second-order valence-corrected chi connectivity index (χ2v) is 4.12. The summed E-state index contributed by atoms with van der Waals surface area (Å²) in [6.45, 7) is 5.10. The van der Waals surface area contributed by atoms with E-state index in [0.717, 1.165) is 5.56 Å². The quantitative estimate of drug-likeness (QED) is 0.611. The fourth-order valence-corrected chi connectivity index (χ4v) is 1.71. The highest BCUT2D eigenvalue weighted by Gasteiger charge is 2.14. The lowest BCUT2D eigenvalue weighted by Crippen LogP contribution is -2.27. The number of amides is 1. The normalized spacial score (nSPS) is 12.3. The molecular formula is C12H16FNO2. The molecule has 0 aliphatic heterocycles. The fourth-order valence-electron chi connectivity index (χ4n) is 1.71. The lowest BCUT2D eigenvalue weighted by atomic mass is 9.97. The molecule has 88 valence electrons. The first-order chi connectivity index (χ1) is 7.45.